The summed E-state index contributed by atoms with van der Waals surface area (Å²) in [6, 6.07) is 0. The summed E-state index contributed by atoms with van der Waals surface area (Å²) in [7, 11) is 0. The maximum absolute atomic E-state index is 10.3. The molecule has 4 aliphatic carbocycles. The Hall–Kier alpha value is -0.640. The lowest BCUT2D eigenvalue weighted by molar-refractivity contribution is -0.296. The van der Waals surface area contributed by atoms with Crippen molar-refractivity contribution in [2.45, 2.75) is 111 Å². The van der Waals surface area contributed by atoms with E-state index < -0.39 is 0 Å². The molecule has 0 aromatic rings. The monoisotopic (exact) mass is 444 g/mol. The fourth-order valence-electron chi connectivity index (χ4n) is 9.14. The number of allylic oxidation sites excluding steroid dienone is 1. The summed E-state index contributed by atoms with van der Waals surface area (Å²) in [6.45, 7) is 16.2. The molecule has 3 saturated carbocycles. The maximum atomic E-state index is 10.3. The van der Waals surface area contributed by atoms with Crippen LogP contribution in [0.3, 0.4) is 0 Å². The van der Waals surface area contributed by atoms with Crippen LogP contribution in [0.1, 0.15) is 98.8 Å². The van der Waals surface area contributed by atoms with Gasteiger partial charge in [0, 0.05) is 0 Å². The van der Waals surface area contributed by atoms with Crippen LogP contribution >= 0.6 is 0 Å². The van der Waals surface area contributed by atoms with Gasteiger partial charge in [-0.1, -0.05) is 51.5 Å². The third-order valence-electron chi connectivity index (χ3n) is 11.1. The van der Waals surface area contributed by atoms with Crippen LogP contribution < -0.4 is 0 Å². The largest absolute Gasteiger partial charge is 0.393 e. The first-order valence-corrected chi connectivity index (χ1v) is 13.5. The zero-order valence-corrected chi connectivity index (χ0v) is 21.3. The average molecular weight is 445 g/mol. The number of aliphatic hydroxyl groups is 1. The van der Waals surface area contributed by atoms with Crippen molar-refractivity contribution in [3.63, 3.8) is 0 Å². The lowest BCUT2D eigenvalue weighted by Crippen LogP contribution is -2.55. The summed E-state index contributed by atoms with van der Waals surface area (Å²) in [6.07, 6.45) is 13.4. The van der Waals surface area contributed by atoms with Crippen molar-refractivity contribution in [3.05, 3.63) is 23.8 Å². The van der Waals surface area contributed by atoms with Crippen LogP contribution in [0.15, 0.2) is 23.8 Å². The van der Waals surface area contributed by atoms with E-state index in [1.165, 1.54) is 56.1 Å². The number of rotatable bonds is 7. The van der Waals surface area contributed by atoms with E-state index in [0.717, 1.165) is 31.1 Å². The molecule has 182 valence electrons. The number of hydrogen-bond acceptors (Lipinski definition) is 3. The molecule has 3 fully saturated rings. The van der Waals surface area contributed by atoms with Gasteiger partial charge in [-0.25, -0.2) is 4.89 Å². The first kappa shape index (κ1) is 24.5. The van der Waals surface area contributed by atoms with Gasteiger partial charge in [0.05, 0.1) is 6.10 Å². The molecule has 4 aliphatic rings. The van der Waals surface area contributed by atoms with Gasteiger partial charge in [0.2, 0.25) is 0 Å². The van der Waals surface area contributed by atoms with Gasteiger partial charge in [-0.2, -0.15) is 0 Å². The Morgan fingerprint density at radius 2 is 1.91 bits per heavy atom. The van der Waals surface area contributed by atoms with E-state index in [-0.39, 0.29) is 17.6 Å². The van der Waals surface area contributed by atoms with Crippen LogP contribution in [-0.4, -0.2) is 22.6 Å². The molecular formula is C29H48O3. The van der Waals surface area contributed by atoms with E-state index in [1.54, 1.807) is 0 Å². The first-order valence-electron chi connectivity index (χ1n) is 13.5. The van der Waals surface area contributed by atoms with E-state index in [9.17, 15) is 10.4 Å². The highest BCUT2D eigenvalue weighted by atomic mass is 17.1. The second kappa shape index (κ2) is 9.19. The fraction of sp³-hybridized carbons (Fsp3) is 0.862. The van der Waals surface area contributed by atoms with Gasteiger partial charge >= 0.3 is 0 Å². The Kier molecular flexibility index (Phi) is 7.03. The molecule has 10 atom stereocenters. The van der Waals surface area contributed by atoms with Crippen LogP contribution in [-0.2, 0) is 4.89 Å². The molecule has 0 aromatic carbocycles. The zero-order valence-electron chi connectivity index (χ0n) is 21.3. The zero-order chi connectivity index (χ0) is 23.3. The molecule has 0 spiro atoms. The molecule has 0 amide bonds. The van der Waals surface area contributed by atoms with Gasteiger partial charge in [-0.05, 0) is 117 Å². The Bertz CT molecular complexity index is 728. The molecule has 0 radical (unpaired) electrons. The van der Waals surface area contributed by atoms with Gasteiger partial charge < -0.3 is 5.11 Å². The molecule has 0 aliphatic heterocycles. The third-order valence-corrected chi connectivity index (χ3v) is 11.1. The minimum Gasteiger partial charge on any atom is -0.393 e. The molecule has 2 N–H and O–H groups in total. The Morgan fingerprint density at radius 3 is 2.56 bits per heavy atom. The third kappa shape index (κ3) is 3.95. The minimum absolute atomic E-state index is 0.166. The molecule has 0 saturated heterocycles. The van der Waals surface area contributed by atoms with Gasteiger partial charge in [0.1, 0.15) is 6.10 Å². The topological polar surface area (TPSA) is 49.7 Å². The molecule has 3 nitrogen and oxygen atoms in total. The molecule has 0 unspecified atom stereocenters. The SMILES string of the molecule is C=C(C)[C@@H](CC)CC[C@@H](C)[C@H]1CC[C@H]2[C@@H]3[C@H](OO)C=C4C[C@@H](O)CC[C@]4(C)[C@H]3CC[C@]12C. The van der Waals surface area contributed by atoms with Crippen LogP contribution in [0.5, 0.6) is 0 Å². The molecule has 0 bridgehead atoms. The van der Waals surface area contributed by atoms with E-state index in [0.29, 0.717) is 29.1 Å². The van der Waals surface area contributed by atoms with Gasteiger partial charge in [-0.3, -0.25) is 5.26 Å². The van der Waals surface area contributed by atoms with Crippen molar-refractivity contribution in [1.82, 2.24) is 0 Å². The summed E-state index contributed by atoms with van der Waals surface area (Å²) in [5.41, 5.74) is 3.19. The summed E-state index contributed by atoms with van der Waals surface area (Å²) < 4.78 is 0. The van der Waals surface area contributed by atoms with Crippen molar-refractivity contribution < 1.29 is 15.3 Å². The van der Waals surface area contributed by atoms with E-state index in [4.69, 9.17) is 4.89 Å². The van der Waals surface area contributed by atoms with Crippen LogP contribution in [0.2, 0.25) is 0 Å². The highest BCUT2D eigenvalue weighted by molar-refractivity contribution is 5.28. The Morgan fingerprint density at radius 1 is 1.16 bits per heavy atom. The molecule has 32 heavy (non-hydrogen) atoms. The van der Waals surface area contributed by atoms with Gasteiger partial charge in [-0.15, -0.1) is 0 Å². The molecule has 4 rings (SSSR count). The highest BCUT2D eigenvalue weighted by Crippen LogP contribution is 2.67. The van der Waals surface area contributed by atoms with E-state index >= 15 is 0 Å². The van der Waals surface area contributed by atoms with Crippen LogP contribution in [0.25, 0.3) is 0 Å². The van der Waals surface area contributed by atoms with Crippen molar-refractivity contribution in [3.8, 4) is 0 Å². The van der Waals surface area contributed by atoms with Crippen molar-refractivity contribution >= 4 is 0 Å². The minimum atomic E-state index is -0.234. The lowest BCUT2D eigenvalue weighted by Gasteiger charge is -2.59. The Balaban J connectivity index is 1.55. The van der Waals surface area contributed by atoms with Gasteiger partial charge in [0.15, 0.2) is 0 Å². The smallest absolute Gasteiger partial charge is 0.114 e. The lowest BCUT2D eigenvalue weighted by atomic mass is 9.46. The standard InChI is InChI=1S/C29H48O3/c1-7-20(18(2)3)9-8-19(4)23-10-11-24-27-25(13-15-29(23,24)6)28(5)14-12-22(30)16-21(28)17-26(27)32-31/h17,19-20,22-27,30-31H,2,7-16H2,1,3-6H3/t19-,20+,22+,23-,24+,25+,26-,27+,28+,29-/m1/s1. The predicted octanol–water partition coefficient (Wildman–Crippen LogP) is 7.41. The second-order valence-electron chi connectivity index (χ2n) is 12.6. The number of aliphatic hydroxyl groups excluding tert-OH is 1. The number of fused-ring (bicyclic) bond motifs is 5. The molecule has 0 heterocycles. The average Bonchev–Trinajstić information content (AvgIpc) is 3.11. The molecule has 3 heteroatoms. The van der Waals surface area contributed by atoms with Crippen molar-refractivity contribution in [2.24, 2.45) is 46.3 Å². The van der Waals surface area contributed by atoms with Crippen LogP contribution in [0, 0.1) is 46.3 Å². The summed E-state index contributed by atoms with van der Waals surface area (Å²) in [5, 5.41) is 20.3. The second-order valence-corrected chi connectivity index (χ2v) is 12.6. The molecular weight excluding hydrogens is 396 g/mol. The van der Waals surface area contributed by atoms with Gasteiger partial charge in [0.25, 0.3) is 0 Å². The van der Waals surface area contributed by atoms with Crippen molar-refractivity contribution in [2.75, 3.05) is 0 Å². The summed E-state index contributed by atoms with van der Waals surface area (Å²) in [4.78, 5) is 5.19. The van der Waals surface area contributed by atoms with E-state index in [2.05, 4.69) is 47.3 Å². The fourth-order valence-corrected chi connectivity index (χ4v) is 9.14. The Labute approximate surface area is 196 Å². The normalized spacial score (nSPS) is 45.3. The van der Waals surface area contributed by atoms with E-state index in [1.807, 2.05) is 0 Å². The molecule has 0 aromatic heterocycles. The highest BCUT2D eigenvalue weighted by Gasteiger charge is 2.61. The van der Waals surface area contributed by atoms with Crippen LogP contribution in [0.4, 0.5) is 0 Å². The summed E-state index contributed by atoms with van der Waals surface area (Å²) in [5.74, 6) is 3.75. The maximum Gasteiger partial charge on any atom is 0.114 e. The number of hydrogen-bond donors (Lipinski definition) is 2. The summed E-state index contributed by atoms with van der Waals surface area (Å²) >= 11 is 0. The first-order chi connectivity index (χ1) is 15.2. The van der Waals surface area contributed by atoms with Crippen molar-refractivity contribution in [1.29, 1.82) is 0 Å². The quantitative estimate of drug-likeness (QED) is 0.244. The predicted molar refractivity (Wildman–Crippen MR) is 131 cm³/mol.